The van der Waals surface area contributed by atoms with Gasteiger partial charge in [0.05, 0.1) is 22.4 Å². The normalized spacial score (nSPS) is 10.7. The summed E-state index contributed by atoms with van der Waals surface area (Å²) in [6, 6.07) is 4.12. The minimum absolute atomic E-state index is 0.815. The molecule has 0 aliphatic rings. The van der Waals surface area contributed by atoms with Gasteiger partial charge >= 0.3 is 0 Å². The second-order valence-corrected chi connectivity index (χ2v) is 5.81. The highest BCUT2D eigenvalue weighted by Crippen LogP contribution is 2.34. The van der Waals surface area contributed by atoms with Crippen LogP contribution in [-0.4, -0.2) is 23.6 Å². The zero-order valence-electron chi connectivity index (χ0n) is 10.5. The highest BCUT2D eigenvalue weighted by molar-refractivity contribution is 9.11. The molecule has 6 heteroatoms. The quantitative estimate of drug-likeness (QED) is 0.746. The second kappa shape index (κ2) is 7.07. The SMILES string of the molecule is COc1c(Br)cc(CNCCc2cnc[nH]2)cc1Br. The van der Waals surface area contributed by atoms with Gasteiger partial charge in [0.2, 0.25) is 0 Å². The predicted octanol–water partition coefficient (Wildman–Crippen LogP) is 3.28. The first-order valence-electron chi connectivity index (χ1n) is 5.90. The first-order chi connectivity index (χ1) is 9.20. The van der Waals surface area contributed by atoms with Gasteiger partial charge in [-0.25, -0.2) is 4.98 Å². The number of nitrogens with one attached hydrogen (secondary N) is 2. The van der Waals surface area contributed by atoms with Crippen LogP contribution < -0.4 is 10.1 Å². The summed E-state index contributed by atoms with van der Waals surface area (Å²) in [6.07, 6.45) is 4.49. The topological polar surface area (TPSA) is 49.9 Å². The Morgan fingerprint density at radius 1 is 1.32 bits per heavy atom. The van der Waals surface area contributed by atoms with Crippen LogP contribution in [0.15, 0.2) is 33.6 Å². The van der Waals surface area contributed by atoms with Crippen LogP contribution in [0, 0.1) is 0 Å². The van der Waals surface area contributed by atoms with E-state index in [0.29, 0.717) is 0 Å². The number of imidazole rings is 1. The molecule has 19 heavy (non-hydrogen) atoms. The van der Waals surface area contributed by atoms with Gasteiger partial charge in [0.15, 0.2) is 0 Å². The fourth-order valence-corrected chi connectivity index (χ4v) is 3.39. The lowest BCUT2D eigenvalue weighted by Crippen LogP contribution is -2.16. The second-order valence-electron chi connectivity index (χ2n) is 4.10. The molecular weight excluding hydrogens is 374 g/mol. The standard InChI is InChI=1S/C13H15Br2N3O/c1-19-13-11(14)4-9(5-12(13)15)6-16-3-2-10-7-17-8-18-10/h4-5,7-8,16H,2-3,6H2,1H3,(H,17,18). The Morgan fingerprint density at radius 3 is 2.63 bits per heavy atom. The summed E-state index contributed by atoms with van der Waals surface area (Å²) in [5, 5.41) is 3.40. The van der Waals surface area contributed by atoms with Crippen LogP contribution in [0.25, 0.3) is 0 Å². The van der Waals surface area contributed by atoms with Crippen molar-refractivity contribution in [2.45, 2.75) is 13.0 Å². The molecule has 0 unspecified atom stereocenters. The number of halogens is 2. The summed E-state index contributed by atoms with van der Waals surface area (Å²) in [7, 11) is 1.66. The first-order valence-corrected chi connectivity index (χ1v) is 7.49. The number of aromatic amines is 1. The van der Waals surface area contributed by atoms with Crippen molar-refractivity contribution in [1.82, 2.24) is 15.3 Å². The van der Waals surface area contributed by atoms with E-state index in [-0.39, 0.29) is 0 Å². The smallest absolute Gasteiger partial charge is 0.147 e. The number of H-pyrrole nitrogens is 1. The monoisotopic (exact) mass is 387 g/mol. The molecule has 1 aromatic carbocycles. The van der Waals surface area contributed by atoms with E-state index >= 15 is 0 Å². The van der Waals surface area contributed by atoms with E-state index in [4.69, 9.17) is 4.74 Å². The Kier molecular flexibility index (Phi) is 5.42. The van der Waals surface area contributed by atoms with E-state index in [1.165, 1.54) is 5.56 Å². The zero-order chi connectivity index (χ0) is 13.7. The van der Waals surface area contributed by atoms with Crippen molar-refractivity contribution in [2.75, 3.05) is 13.7 Å². The molecule has 0 saturated carbocycles. The Hall–Kier alpha value is -0.850. The average Bonchev–Trinajstić information content (AvgIpc) is 2.87. The maximum absolute atomic E-state index is 5.28. The molecule has 0 amide bonds. The van der Waals surface area contributed by atoms with Gasteiger partial charge in [-0.15, -0.1) is 0 Å². The van der Waals surface area contributed by atoms with Crippen LogP contribution >= 0.6 is 31.9 Å². The highest BCUT2D eigenvalue weighted by atomic mass is 79.9. The minimum Gasteiger partial charge on any atom is -0.494 e. The van der Waals surface area contributed by atoms with Crippen molar-refractivity contribution >= 4 is 31.9 Å². The van der Waals surface area contributed by atoms with Crippen LogP contribution in [0.5, 0.6) is 5.75 Å². The molecule has 0 fully saturated rings. The fourth-order valence-electron chi connectivity index (χ4n) is 1.79. The van der Waals surface area contributed by atoms with Gasteiger partial charge in [0.25, 0.3) is 0 Å². The van der Waals surface area contributed by atoms with E-state index in [0.717, 1.165) is 39.9 Å². The molecule has 2 N–H and O–H groups in total. The average molecular weight is 389 g/mol. The van der Waals surface area contributed by atoms with E-state index in [2.05, 4.69) is 59.3 Å². The van der Waals surface area contributed by atoms with Crippen molar-refractivity contribution in [3.63, 3.8) is 0 Å². The zero-order valence-corrected chi connectivity index (χ0v) is 13.7. The Balaban J connectivity index is 1.86. The molecule has 0 aliphatic heterocycles. The van der Waals surface area contributed by atoms with E-state index in [1.54, 1.807) is 13.4 Å². The number of hydrogen-bond acceptors (Lipinski definition) is 3. The number of ether oxygens (including phenoxy) is 1. The van der Waals surface area contributed by atoms with Crippen LogP contribution in [-0.2, 0) is 13.0 Å². The van der Waals surface area contributed by atoms with Gasteiger partial charge in [-0.2, -0.15) is 0 Å². The first kappa shape index (κ1) is 14.6. The summed E-state index contributed by atoms with van der Waals surface area (Å²) in [5.74, 6) is 0.821. The number of nitrogens with zero attached hydrogens (tertiary/aromatic N) is 1. The van der Waals surface area contributed by atoms with E-state index in [1.807, 2.05) is 6.20 Å². The Labute approximate surface area is 129 Å². The van der Waals surface area contributed by atoms with Crippen molar-refractivity contribution in [3.05, 3.63) is 44.9 Å². The predicted molar refractivity (Wildman–Crippen MR) is 82.4 cm³/mol. The van der Waals surface area contributed by atoms with Gasteiger partial charge < -0.3 is 15.0 Å². The largest absolute Gasteiger partial charge is 0.494 e. The van der Waals surface area contributed by atoms with Gasteiger partial charge in [-0.05, 0) is 49.6 Å². The third-order valence-corrected chi connectivity index (χ3v) is 3.90. The van der Waals surface area contributed by atoms with Crippen LogP contribution in [0.2, 0.25) is 0 Å². The molecule has 0 saturated heterocycles. The molecule has 1 heterocycles. The summed E-state index contributed by atoms with van der Waals surface area (Å²) >= 11 is 7.01. The maximum atomic E-state index is 5.28. The van der Waals surface area contributed by atoms with Gasteiger partial charge in [0.1, 0.15) is 5.75 Å². The van der Waals surface area contributed by atoms with E-state index in [9.17, 15) is 0 Å². The summed E-state index contributed by atoms with van der Waals surface area (Å²) < 4.78 is 7.19. The van der Waals surface area contributed by atoms with Crippen LogP contribution in [0.3, 0.4) is 0 Å². The summed E-state index contributed by atoms with van der Waals surface area (Å²) in [6.45, 7) is 1.72. The summed E-state index contributed by atoms with van der Waals surface area (Å²) in [5.41, 5.74) is 2.34. The number of rotatable bonds is 6. The Bertz CT molecular complexity index is 506. The lowest BCUT2D eigenvalue weighted by molar-refractivity contribution is 0.409. The number of hydrogen-bond donors (Lipinski definition) is 2. The molecule has 4 nitrogen and oxygen atoms in total. The van der Waals surface area contributed by atoms with Crippen molar-refractivity contribution in [3.8, 4) is 5.75 Å². The fraction of sp³-hybridized carbons (Fsp3) is 0.308. The third-order valence-electron chi connectivity index (χ3n) is 2.72. The number of methoxy groups -OCH3 is 1. The number of aromatic nitrogens is 2. The number of benzene rings is 1. The molecule has 0 bridgehead atoms. The molecule has 0 aliphatic carbocycles. The van der Waals surface area contributed by atoms with Crippen molar-refractivity contribution < 1.29 is 4.74 Å². The lowest BCUT2D eigenvalue weighted by atomic mass is 10.2. The lowest BCUT2D eigenvalue weighted by Gasteiger charge is -2.10. The van der Waals surface area contributed by atoms with Gasteiger partial charge in [-0.3, -0.25) is 0 Å². The van der Waals surface area contributed by atoms with Gasteiger partial charge in [0, 0.05) is 31.4 Å². The van der Waals surface area contributed by atoms with Crippen LogP contribution in [0.4, 0.5) is 0 Å². The molecule has 0 spiro atoms. The summed E-state index contributed by atoms with van der Waals surface area (Å²) in [4.78, 5) is 7.08. The third kappa shape index (κ3) is 4.06. The molecule has 2 rings (SSSR count). The molecular formula is C13H15Br2N3O. The van der Waals surface area contributed by atoms with Crippen molar-refractivity contribution in [1.29, 1.82) is 0 Å². The van der Waals surface area contributed by atoms with Crippen molar-refractivity contribution in [2.24, 2.45) is 0 Å². The maximum Gasteiger partial charge on any atom is 0.147 e. The highest BCUT2D eigenvalue weighted by Gasteiger charge is 2.07. The Morgan fingerprint density at radius 2 is 2.05 bits per heavy atom. The molecule has 2 aromatic rings. The molecule has 102 valence electrons. The molecule has 0 atom stereocenters. The molecule has 0 radical (unpaired) electrons. The van der Waals surface area contributed by atoms with E-state index < -0.39 is 0 Å². The minimum atomic E-state index is 0.815. The molecule has 1 aromatic heterocycles. The van der Waals surface area contributed by atoms with Crippen LogP contribution in [0.1, 0.15) is 11.3 Å². The van der Waals surface area contributed by atoms with Gasteiger partial charge in [-0.1, -0.05) is 0 Å².